The lowest BCUT2D eigenvalue weighted by Gasteiger charge is -2.29. The van der Waals surface area contributed by atoms with Crippen molar-refractivity contribution in [3.8, 4) is 11.8 Å². The van der Waals surface area contributed by atoms with Crippen LogP contribution in [0.2, 0.25) is 0 Å². The molecule has 0 aliphatic carbocycles. The number of hydrogen-bond donors (Lipinski definition) is 2. The Bertz CT molecular complexity index is 483. The van der Waals surface area contributed by atoms with Crippen LogP contribution in [0.15, 0.2) is 6.33 Å². The maximum atomic E-state index is 11.7. The summed E-state index contributed by atoms with van der Waals surface area (Å²) in [5.41, 5.74) is 0.426. The van der Waals surface area contributed by atoms with E-state index in [4.69, 9.17) is 0 Å². The summed E-state index contributed by atoms with van der Waals surface area (Å²) in [5, 5.41) is 11.9. The van der Waals surface area contributed by atoms with Crippen LogP contribution in [-0.2, 0) is 6.54 Å². The Balaban J connectivity index is 2.42. The predicted molar refractivity (Wildman–Crippen MR) is 57.6 cm³/mol. The molecule has 1 aliphatic rings. The van der Waals surface area contributed by atoms with E-state index >= 15 is 0 Å². The summed E-state index contributed by atoms with van der Waals surface area (Å²) in [4.78, 5) is 17.3. The highest BCUT2D eigenvalue weighted by Gasteiger charge is 2.31. The lowest BCUT2D eigenvalue weighted by molar-refractivity contribution is 0.0746. The van der Waals surface area contributed by atoms with Gasteiger partial charge in [-0.1, -0.05) is 5.92 Å². The largest absolute Gasteiger partial charge is 0.356 e. The zero-order valence-electron chi connectivity index (χ0n) is 9.06. The quantitative estimate of drug-likeness (QED) is 0.618. The number of aromatic nitrogens is 2. The fourth-order valence-electron chi connectivity index (χ4n) is 1.54. The van der Waals surface area contributed by atoms with Gasteiger partial charge in [-0.3, -0.25) is 4.79 Å². The number of nitrogens with zero attached hydrogens (tertiary/aromatic N) is 3. The summed E-state index contributed by atoms with van der Waals surface area (Å²) in [7, 11) is 1.66. The van der Waals surface area contributed by atoms with Crippen LogP contribution < -0.4 is 10.2 Å². The number of anilines is 1. The molecule has 2 heterocycles. The lowest BCUT2D eigenvalue weighted by Crippen LogP contribution is -2.51. The molecule has 0 saturated heterocycles. The molecule has 2 N–H and O–H groups in total. The van der Waals surface area contributed by atoms with Gasteiger partial charge in [0.05, 0.1) is 12.9 Å². The molecule has 0 aromatic carbocycles. The topological polar surface area (TPSA) is 70.4 Å². The molecule has 6 heteroatoms. The first-order valence-corrected chi connectivity index (χ1v) is 4.81. The lowest BCUT2D eigenvalue weighted by atomic mass is 10.3. The first kappa shape index (κ1) is 10.5. The Morgan fingerprint density at radius 1 is 1.69 bits per heavy atom. The third-order valence-electron chi connectivity index (χ3n) is 2.42. The SMILES string of the molecule is CC#CCn1cnc2c1C(=O)NC(O)N2C. The number of imidazole rings is 1. The Kier molecular flexibility index (Phi) is 2.54. The minimum atomic E-state index is -1.03. The van der Waals surface area contributed by atoms with Crippen LogP contribution >= 0.6 is 0 Å². The van der Waals surface area contributed by atoms with E-state index in [1.54, 1.807) is 24.9 Å². The van der Waals surface area contributed by atoms with Crippen LogP contribution in [0, 0.1) is 11.8 Å². The van der Waals surface area contributed by atoms with Crippen LogP contribution in [0.4, 0.5) is 5.82 Å². The summed E-state index contributed by atoms with van der Waals surface area (Å²) in [6.07, 6.45) is 0.518. The molecule has 0 spiro atoms. The van der Waals surface area contributed by atoms with E-state index in [2.05, 4.69) is 22.1 Å². The van der Waals surface area contributed by atoms with Crippen molar-refractivity contribution in [2.75, 3.05) is 11.9 Å². The van der Waals surface area contributed by atoms with Crippen LogP contribution in [0.3, 0.4) is 0 Å². The average molecular weight is 220 g/mol. The molecule has 84 valence electrons. The molecule has 1 atom stereocenters. The monoisotopic (exact) mass is 220 g/mol. The maximum absolute atomic E-state index is 11.7. The molecule has 0 bridgehead atoms. The zero-order valence-corrected chi connectivity index (χ0v) is 9.06. The second-order valence-electron chi connectivity index (χ2n) is 3.43. The van der Waals surface area contributed by atoms with Gasteiger partial charge in [0.25, 0.3) is 5.91 Å². The molecule has 2 rings (SSSR count). The minimum absolute atomic E-state index is 0.337. The molecule has 1 aromatic heterocycles. The van der Waals surface area contributed by atoms with Crippen LogP contribution in [-0.4, -0.2) is 34.0 Å². The highest BCUT2D eigenvalue weighted by molar-refractivity contribution is 5.99. The molecule has 1 aromatic rings. The molecular weight excluding hydrogens is 208 g/mol. The van der Waals surface area contributed by atoms with Crippen LogP contribution in [0.5, 0.6) is 0 Å². The van der Waals surface area contributed by atoms with Gasteiger partial charge in [0, 0.05) is 7.05 Å². The summed E-state index contributed by atoms with van der Waals surface area (Å²) < 4.78 is 1.66. The molecule has 16 heavy (non-hydrogen) atoms. The van der Waals surface area contributed by atoms with E-state index in [9.17, 15) is 9.90 Å². The summed E-state index contributed by atoms with van der Waals surface area (Å²) >= 11 is 0. The molecule has 0 radical (unpaired) electrons. The highest BCUT2D eigenvalue weighted by atomic mass is 16.3. The number of carbonyl (C=O) groups is 1. The van der Waals surface area contributed by atoms with E-state index < -0.39 is 6.35 Å². The number of aliphatic hydroxyl groups is 1. The standard InChI is InChI=1S/C10H12N4O2/c1-3-4-5-14-6-11-8-7(14)9(15)12-10(16)13(8)2/h6,10,16H,5H2,1-2H3,(H,12,15). The third kappa shape index (κ3) is 1.51. The zero-order chi connectivity index (χ0) is 11.7. The molecule has 6 nitrogen and oxygen atoms in total. The molecule has 1 amide bonds. The van der Waals surface area contributed by atoms with Gasteiger partial charge in [-0.05, 0) is 6.92 Å². The average Bonchev–Trinajstić information content (AvgIpc) is 2.67. The second kappa shape index (κ2) is 3.87. The van der Waals surface area contributed by atoms with Gasteiger partial charge in [0.2, 0.25) is 6.35 Å². The third-order valence-corrected chi connectivity index (χ3v) is 2.42. The number of aliphatic hydroxyl groups excluding tert-OH is 1. The second-order valence-corrected chi connectivity index (χ2v) is 3.43. The minimum Gasteiger partial charge on any atom is -0.356 e. The molecule has 0 fully saturated rings. The summed E-state index contributed by atoms with van der Waals surface area (Å²) in [5.74, 6) is 5.74. The van der Waals surface area contributed by atoms with Crippen molar-refractivity contribution < 1.29 is 9.90 Å². The van der Waals surface area contributed by atoms with E-state index in [0.717, 1.165) is 0 Å². The molecule has 1 unspecified atom stereocenters. The number of hydrogen-bond acceptors (Lipinski definition) is 4. The number of nitrogens with one attached hydrogen (secondary N) is 1. The van der Waals surface area contributed by atoms with Crippen LogP contribution in [0.1, 0.15) is 17.4 Å². The Morgan fingerprint density at radius 2 is 2.44 bits per heavy atom. The number of carbonyl (C=O) groups excluding carboxylic acids is 1. The molecule has 0 saturated carbocycles. The van der Waals surface area contributed by atoms with E-state index in [1.807, 2.05) is 0 Å². The van der Waals surface area contributed by atoms with Gasteiger partial charge < -0.3 is 19.9 Å². The molecular formula is C10H12N4O2. The number of rotatable bonds is 1. The van der Waals surface area contributed by atoms with Gasteiger partial charge in [0.15, 0.2) is 11.5 Å². The van der Waals surface area contributed by atoms with Gasteiger partial charge in [0.1, 0.15) is 0 Å². The smallest absolute Gasteiger partial charge is 0.275 e. The van der Waals surface area contributed by atoms with Crippen molar-refractivity contribution in [1.82, 2.24) is 14.9 Å². The van der Waals surface area contributed by atoms with Gasteiger partial charge in [-0.25, -0.2) is 4.98 Å². The highest BCUT2D eigenvalue weighted by Crippen LogP contribution is 2.22. The van der Waals surface area contributed by atoms with E-state index in [1.165, 1.54) is 4.90 Å². The van der Waals surface area contributed by atoms with E-state index in [-0.39, 0.29) is 5.91 Å². The predicted octanol–water partition coefficient (Wildman–Crippen LogP) is -0.638. The summed E-state index contributed by atoms with van der Waals surface area (Å²) in [6, 6.07) is 0. The molecule has 1 aliphatic heterocycles. The van der Waals surface area contributed by atoms with Crippen molar-refractivity contribution in [1.29, 1.82) is 0 Å². The fraction of sp³-hybridized carbons (Fsp3) is 0.400. The summed E-state index contributed by atoms with van der Waals surface area (Å²) in [6.45, 7) is 2.15. The van der Waals surface area contributed by atoms with E-state index in [0.29, 0.717) is 18.1 Å². The van der Waals surface area contributed by atoms with Crippen molar-refractivity contribution in [3.05, 3.63) is 12.0 Å². The Labute approximate surface area is 92.9 Å². The van der Waals surface area contributed by atoms with Crippen LogP contribution in [0.25, 0.3) is 0 Å². The number of amides is 1. The Morgan fingerprint density at radius 3 is 3.12 bits per heavy atom. The van der Waals surface area contributed by atoms with Gasteiger partial charge in [-0.15, -0.1) is 5.92 Å². The first-order chi connectivity index (χ1) is 7.65. The van der Waals surface area contributed by atoms with Gasteiger partial charge >= 0.3 is 0 Å². The Hall–Kier alpha value is -2.00. The van der Waals surface area contributed by atoms with Crippen molar-refractivity contribution in [2.24, 2.45) is 0 Å². The normalized spacial score (nSPS) is 18.6. The maximum Gasteiger partial charge on any atom is 0.275 e. The van der Waals surface area contributed by atoms with Crippen molar-refractivity contribution in [2.45, 2.75) is 19.8 Å². The fourth-order valence-corrected chi connectivity index (χ4v) is 1.54. The van der Waals surface area contributed by atoms with Crippen molar-refractivity contribution >= 4 is 11.7 Å². The number of fused-ring (bicyclic) bond motifs is 1. The first-order valence-electron chi connectivity index (χ1n) is 4.81. The van der Waals surface area contributed by atoms with Crippen molar-refractivity contribution in [3.63, 3.8) is 0 Å². The van der Waals surface area contributed by atoms with Gasteiger partial charge in [-0.2, -0.15) is 0 Å².